The second-order valence-corrected chi connectivity index (χ2v) is 11.1. The second-order valence-electron chi connectivity index (χ2n) is 11.1. The molecule has 0 radical (unpaired) electrons. The maximum absolute atomic E-state index is 14.8. The molecule has 0 saturated heterocycles. The zero-order valence-corrected chi connectivity index (χ0v) is 24.1. The molecule has 1 aliphatic heterocycles. The highest BCUT2D eigenvalue weighted by atomic mass is 19.4. The van der Waals surface area contributed by atoms with Gasteiger partial charge in [0.15, 0.2) is 0 Å². The maximum atomic E-state index is 14.8. The third-order valence-corrected chi connectivity index (χ3v) is 8.04. The highest BCUT2D eigenvalue weighted by Crippen LogP contribution is 2.47. The fourth-order valence-corrected chi connectivity index (χ4v) is 5.29. The quantitative estimate of drug-likeness (QED) is 0.219. The van der Waals surface area contributed by atoms with E-state index in [1.807, 2.05) is 0 Å². The number of carbonyl (C=O) groups is 2. The topological polar surface area (TPSA) is 140 Å². The van der Waals surface area contributed by atoms with E-state index in [4.69, 9.17) is 10.5 Å². The first-order chi connectivity index (χ1) is 21.8. The zero-order chi connectivity index (χ0) is 32.9. The number of nitrogens with one attached hydrogen (secondary N) is 1. The summed E-state index contributed by atoms with van der Waals surface area (Å²) in [5.74, 6) is -2.44. The molecule has 0 fully saturated rings. The van der Waals surface area contributed by atoms with Crippen LogP contribution in [0.2, 0.25) is 0 Å². The number of nitrogens with zero attached hydrogens (tertiary/aromatic N) is 3. The van der Waals surface area contributed by atoms with Crippen LogP contribution in [0.3, 0.4) is 0 Å². The highest BCUT2D eigenvalue weighted by molar-refractivity contribution is 6.03. The van der Waals surface area contributed by atoms with Crippen molar-refractivity contribution in [1.29, 1.82) is 0 Å². The van der Waals surface area contributed by atoms with Crippen LogP contribution in [-0.2, 0) is 15.8 Å². The monoisotopic (exact) mass is 631 g/mol. The Morgan fingerprint density at radius 2 is 1.76 bits per heavy atom. The first kappa shape index (κ1) is 30.6. The van der Waals surface area contributed by atoms with Crippen molar-refractivity contribution in [1.82, 2.24) is 20.3 Å². The van der Waals surface area contributed by atoms with Crippen LogP contribution in [-0.4, -0.2) is 51.2 Å². The van der Waals surface area contributed by atoms with Crippen molar-refractivity contribution in [2.75, 3.05) is 13.2 Å². The molecule has 13 heteroatoms. The molecule has 234 valence electrons. The standard InChI is InChI=1S/C33H25F4N5O4/c1-31(30(38)44)17-46-28-23(31)15-25(42-27(28)18-7-9-21(34)10-8-18)32(45,33(35,36)37)16-41-29(43)20-13-19-5-4-12-40-26(19)22(14-20)24-6-2-3-11-39-24/h2-15,45H,16-17H2,1H3,(H2,38,44)(H,41,43)/t31-,32?/m0/s1. The minimum atomic E-state index is -5.36. The molecule has 9 nitrogen and oxygen atoms in total. The number of amides is 2. The van der Waals surface area contributed by atoms with Crippen molar-refractivity contribution in [3.63, 3.8) is 0 Å². The van der Waals surface area contributed by atoms with Crippen LogP contribution in [0.5, 0.6) is 5.75 Å². The average Bonchev–Trinajstić information content (AvgIpc) is 3.40. The van der Waals surface area contributed by atoms with Gasteiger partial charge in [-0.05, 0) is 67.6 Å². The van der Waals surface area contributed by atoms with Crippen LogP contribution in [0.4, 0.5) is 17.6 Å². The number of hydrogen-bond donors (Lipinski definition) is 3. The Morgan fingerprint density at radius 1 is 1.02 bits per heavy atom. The van der Waals surface area contributed by atoms with Crippen LogP contribution in [0.1, 0.15) is 28.5 Å². The van der Waals surface area contributed by atoms with Crippen molar-refractivity contribution in [3.8, 4) is 28.3 Å². The zero-order valence-electron chi connectivity index (χ0n) is 24.1. The molecule has 4 N–H and O–H groups in total. The van der Waals surface area contributed by atoms with Gasteiger partial charge in [-0.25, -0.2) is 9.37 Å². The summed E-state index contributed by atoms with van der Waals surface area (Å²) in [6.07, 6.45) is -2.25. The lowest BCUT2D eigenvalue weighted by atomic mass is 9.81. The third-order valence-electron chi connectivity index (χ3n) is 8.04. The molecule has 1 unspecified atom stereocenters. The van der Waals surface area contributed by atoms with Gasteiger partial charge < -0.3 is 20.9 Å². The molecule has 1 aliphatic rings. The van der Waals surface area contributed by atoms with E-state index in [-0.39, 0.29) is 34.7 Å². The summed E-state index contributed by atoms with van der Waals surface area (Å²) in [6.45, 7) is -0.253. The molecule has 46 heavy (non-hydrogen) atoms. The van der Waals surface area contributed by atoms with Crippen molar-refractivity contribution >= 4 is 22.7 Å². The normalized spacial score (nSPS) is 17.2. The molecule has 0 spiro atoms. The van der Waals surface area contributed by atoms with E-state index < -0.39 is 47.1 Å². The SMILES string of the molecule is C[C@]1(C(N)=O)COc2c1cc(C(O)(CNC(=O)c1cc(-c3ccccn3)c3ncccc3c1)C(F)(F)F)nc2-c1ccc(F)cc1. The number of fused-ring (bicyclic) bond motifs is 2. The summed E-state index contributed by atoms with van der Waals surface area (Å²) in [5.41, 5.74) is 0.818. The first-order valence-corrected chi connectivity index (χ1v) is 13.9. The number of carbonyl (C=O) groups excluding carboxylic acids is 2. The number of aliphatic hydroxyl groups is 1. The van der Waals surface area contributed by atoms with Crippen molar-refractivity contribution in [2.45, 2.75) is 24.1 Å². The van der Waals surface area contributed by atoms with E-state index in [0.717, 1.165) is 18.2 Å². The van der Waals surface area contributed by atoms with Gasteiger partial charge in [-0.2, -0.15) is 13.2 Å². The fraction of sp³-hybridized carbons (Fsp3) is 0.182. The Balaban J connectivity index is 1.42. The molecule has 0 saturated carbocycles. The summed E-state index contributed by atoms with van der Waals surface area (Å²) in [4.78, 5) is 38.7. The van der Waals surface area contributed by atoms with Crippen molar-refractivity contribution in [2.24, 2.45) is 5.73 Å². The Hall–Kier alpha value is -5.43. The molecule has 6 rings (SSSR count). The number of hydrogen-bond acceptors (Lipinski definition) is 7. The van der Waals surface area contributed by atoms with Crippen LogP contribution in [0, 0.1) is 5.82 Å². The number of benzene rings is 2. The number of ether oxygens (including phenoxy) is 1. The number of alkyl halides is 3. The van der Waals surface area contributed by atoms with E-state index in [1.54, 1.807) is 42.7 Å². The highest BCUT2D eigenvalue weighted by Gasteiger charge is 2.57. The second kappa shape index (κ2) is 11.2. The molecule has 4 heterocycles. The van der Waals surface area contributed by atoms with Gasteiger partial charge in [0.05, 0.1) is 23.4 Å². The molecular weight excluding hydrogens is 606 g/mol. The van der Waals surface area contributed by atoms with E-state index >= 15 is 0 Å². The van der Waals surface area contributed by atoms with Crippen LogP contribution < -0.4 is 15.8 Å². The molecular formula is C33H25F4N5O4. The van der Waals surface area contributed by atoms with E-state index in [2.05, 4.69) is 20.3 Å². The van der Waals surface area contributed by atoms with Crippen LogP contribution in [0.25, 0.3) is 33.4 Å². The minimum Gasteiger partial charge on any atom is -0.489 e. The average molecular weight is 632 g/mol. The van der Waals surface area contributed by atoms with Gasteiger partial charge in [0.1, 0.15) is 29.3 Å². The number of halogens is 4. The summed E-state index contributed by atoms with van der Waals surface area (Å²) in [5, 5.41) is 14.1. The predicted molar refractivity (Wildman–Crippen MR) is 159 cm³/mol. The fourth-order valence-electron chi connectivity index (χ4n) is 5.29. The van der Waals surface area contributed by atoms with Gasteiger partial charge >= 0.3 is 6.18 Å². The molecule has 2 aromatic carbocycles. The Morgan fingerprint density at radius 3 is 2.43 bits per heavy atom. The molecule has 5 aromatic rings. The Labute approximate surface area is 259 Å². The Kier molecular flexibility index (Phi) is 7.43. The minimum absolute atomic E-state index is 0.00528. The van der Waals surface area contributed by atoms with Gasteiger partial charge in [-0.1, -0.05) is 12.1 Å². The lowest BCUT2D eigenvalue weighted by Crippen LogP contribution is -2.51. The lowest BCUT2D eigenvalue weighted by molar-refractivity contribution is -0.265. The number of rotatable bonds is 7. The largest absolute Gasteiger partial charge is 0.489 e. The Bertz CT molecular complexity index is 1990. The van der Waals surface area contributed by atoms with Gasteiger partial charge in [-0.15, -0.1) is 0 Å². The predicted octanol–water partition coefficient (Wildman–Crippen LogP) is 4.81. The number of aromatic nitrogens is 3. The summed E-state index contributed by atoms with van der Waals surface area (Å²) in [7, 11) is 0. The van der Waals surface area contributed by atoms with Gasteiger partial charge in [0.2, 0.25) is 11.5 Å². The van der Waals surface area contributed by atoms with Crippen molar-refractivity contribution in [3.05, 3.63) is 108 Å². The first-order valence-electron chi connectivity index (χ1n) is 13.9. The van der Waals surface area contributed by atoms with Crippen molar-refractivity contribution < 1.29 is 37.0 Å². The lowest BCUT2D eigenvalue weighted by Gasteiger charge is -2.31. The molecule has 3 aromatic heterocycles. The maximum Gasteiger partial charge on any atom is 0.424 e. The van der Waals surface area contributed by atoms with Crippen LogP contribution in [0.15, 0.2) is 85.2 Å². The molecule has 0 bridgehead atoms. The smallest absolute Gasteiger partial charge is 0.424 e. The van der Waals surface area contributed by atoms with Gasteiger partial charge in [0.25, 0.3) is 5.91 Å². The van der Waals surface area contributed by atoms with E-state index in [0.29, 0.717) is 22.2 Å². The van der Waals surface area contributed by atoms with Gasteiger partial charge in [0, 0.05) is 40.0 Å². The third kappa shape index (κ3) is 5.17. The number of primary amides is 1. The molecule has 2 amide bonds. The van der Waals surface area contributed by atoms with E-state index in [9.17, 15) is 32.3 Å². The van der Waals surface area contributed by atoms with E-state index in [1.165, 1.54) is 31.2 Å². The summed E-state index contributed by atoms with van der Waals surface area (Å²) in [6, 6.07) is 17.0. The number of pyridine rings is 3. The summed E-state index contributed by atoms with van der Waals surface area (Å²) < 4.78 is 63.8. The van der Waals surface area contributed by atoms with Crippen LogP contribution >= 0.6 is 0 Å². The molecule has 0 aliphatic carbocycles. The number of nitrogens with two attached hydrogens (primary N) is 1. The summed E-state index contributed by atoms with van der Waals surface area (Å²) >= 11 is 0. The van der Waals surface area contributed by atoms with Gasteiger partial charge in [-0.3, -0.25) is 19.6 Å². The molecule has 2 atom stereocenters.